The summed E-state index contributed by atoms with van der Waals surface area (Å²) in [6.07, 6.45) is 6.29. The molecule has 1 heteroatoms. The van der Waals surface area contributed by atoms with Crippen molar-refractivity contribution in [3.63, 3.8) is 0 Å². The molecule has 1 aliphatic carbocycles. The number of rotatable bonds is 4. The molecule has 0 N–H and O–H groups in total. The summed E-state index contributed by atoms with van der Waals surface area (Å²) in [6, 6.07) is 0. The average Bonchev–Trinajstić information content (AvgIpc) is 2.28. The molecule has 0 heterocycles. The number of Topliss-reactive ketones (excluding diaryl/α,β-unsaturated/α-hetero) is 1. The van der Waals surface area contributed by atoms with E-state index in [0.717, 1.165) is 18.4 Å². The van der Waals surface area contributed by atoms with Gasteiger partial charge in [-0.25, -0.2) is 0 Å². The summed E-state index contributed by atoms with van der Waals surface area (Å²) in [4.78, 5) is 12.1. The number of ketones is 1. The van der Waals surface area contributed by atoms with Gasteiger partial charge in [-0.1, -0.05) is 31.8 Å². The maximum atomic E-state index is 12.1. The second-order valence-electron chi connectivity index (χ2n) is 4.62. The van der Waals surface area contributed by atoms with Crippen molar-refractivity contribution in [3.05, 3.63) is 12.1 Å². The second kappa shape index (κ2) is 5.33. The fraction of sp³-hybridized carbons (Fsp3) is 0.769. The molecule has 1 fully saturated rings. The SMILES string of the molecule is [2H]C([2H])=C(C)CC(C)C(=O)C1CCCCC1. The normalized spacial score (nSPS) is 22.1. The number of hydrogen-bond donors (Lipinski definition) is 0. The number of allylic oxidation sites excluding steroid dienone is 1. The largest absolute Gasteiger partial charge is 0.299 e. The van der Waals surface area contributed by atoms with Gasteiger partial charge in [0, 0.05) is 11.8 Å². The van der Waals surface area contributed by atoms with Crippen molar-refractivity contribution in [2.24, 2.45) is 11.8 Å². The Morgan fingerprint density at radius 2 is 2.14 bits per heavy atom. The molecule has 0 aliphatic heterocycles. The monoisotopic (exact) mass is 196 g/mol. The summed E-state index contributed by atoms with van der Waals surface area (Å²) in [7, 11) is 0. The van der Waals surface area contributed by atoms with E-state index in [9.17, 15) is 4.79 Å². The van der Waals surface area contributed by atoms with Gasteiger partial charge >= 0.3 is 0 Å². The molecule has 1 atom stereocenters. The first kappa shape index (κ1) is 8.70. The predicted molar refractivity (Wildman–Crippen MR) is 60.2 cm³/mol. The van der Waals surface area contributed by atoms with Crippen molar-refractivity contribution in [2.45, 2.75) is 52.4 Å². The van der Waals surface area contributed by atoms with Crippen LogP contribution in [0.3, 0.4) is 0 Å². The van der Waals surface area contributed by atoms with Crippen LogP contribution >= 0.6 is 0 Å². The van der Waals surface area contributed by atoms with Gasteiger partial charge in [-0.3, -0.25) is 4.79 Å². The molecule has 80 valence electrons. The maximum absolute atomic E-state index is 12.1. The summed E-state index contributed by atoms with van der Waals surface area (Å²) in [6.45, 7) is 3.58. The van der Waals surface area contributed by atoms with E-state index in [0.29, 0.717) is 12.2 Å². The minimum atomic E-state index is -0.136. The topological polar surface area (TPSA) is 17.1 Å². The van der Waals surface area contributed by atoms with Crippen molar-refractivity contribution >= 4 is 5.78 Å². The molecule has 1 unspecified atom stereocenters. The Balaban J connectivity index is 2.50. The molecule has 0 aromatic rings. The Morgan fingerprint density at radius 3 is 2.71 bits per heavy atom. The highest BCUT2D eigenvalue weighted by molar-refractivity contribution is 5.83. The molecule has 1 aliphatic rings. The molecule has 0 bridgehead atoms. The van der Waals surface area contributed by atoms with Crippen LogP contribution in [0.4, 0.5) is 0 Å². The molecule has 0 aromatic carbocycles. The quantitative estimate of drug-likeness (QED) is 0.626. The zero-order valence-electron chi connectivity index (χ0n) is 11.3. The summed E-state index contributed by atoms with van der Waals surface area (Å²) in [5.41, 5.74) is 0.719. The summed E-state index contributed by atoms with van der Waals surface area (Å²) in [5.74, 6) is 0.575. The van der Waals surface area contributed by atoms with Gasteiger partial charge in [-0.05, 0) is 26.2 Å². The van der Waals surface area contributed by atoms with E-state index in [-0.39, 0.29) is 18.4 Å². The first-order chi connectivity index (χ1) is 7.52. The van der Waals surface area contributed by atoms with Gasteiger partial charge in [-0.2, -0.15) is 0 Å². The van der Waals surface area contributed by atoms with Gasteiger partial charge in [0.2, 0.25) is 0 Å². The maximum Gasteiger partial charge on any atom is 0.139 e. The van der Waals surface area contributed by atoms with Gasteiger partial charge in [0.05, 0.1) is 2.74 Å². The lowest BCUT2D eigenvalue weighted by molar-refractivity contribution is -0.127. The third-order valence-electron chi connectivity index (χ3n) is 3.11. The van der Waals surface area contributed by atoms with Crippen LogP contribution in [-0.4, -0.2) is 5.78 Å². The fourth-order valence-electron chi connectivity index (χ4n) is 2.35. The summed E-state index contributed by atoms with van der Waals surface area (Å²) >= 11 is 0. The van der Waals surface area contributed by atoms with E-state index < -0.39 is 0 Å². The predicted octanol–water partition coefficient (Wildman–Crippen LogP) is 3.74. The van der Waals surface area contributed by atoms with Crippen LogP contribution < -0.4 is 0 Å². The molecule has 0 aromatic heterocycles. The van der Waals surface area contributed by atoms with Crippen LogP contribution in [0.2, 0.25) is 0 Å². The highest BCUT2D eigenvalue weighted by Crippen LogP contribution is 2.28. The van der Waals surface area contributed by atoms with Gasteiger partial charge in [0.25, 0.3) is 0 Å². The minimum Gasteiger partial charge on any atom is -0.299 e. The smallest absolute Gasteiger partial charge is 0.139 e. The highest BCUT2D eigenvalue weighted by Gasteiger charge is 2.24. The lowest BCUT2D eigenvalue weighted by Crippen LogP contribution is -2.23. The van der Waals surface area contributed by atoms with Gasteiger partial charge in [0.1, 0.15) is 5.78 Å². The number of carbonyl (C=O) groups is 1. The molecule has 1 nitrogen and oxygen atoms in total. The molecule has 0 amide bonds. The summed E-state index contributed by atoms with van der Waals surface area (Å²) in [5, 5.41) is 0. The molecule has 0 saturated heterocycles. The van der Waals surface area contributed by atoms with Crippen LogP contribution in [0.5, 0.6) is 0 Å². The van der Waals surface area contributed by atoms with Gasteiger partial charge in [0.15, 0.2) is 0 Å². The van der Waals surface area contributed by atoms with Crippen LogP contribution in [0, 0.1) is 11.8 Å². The standard InChI is InChI=1S/C13H22O/c1-10(2)9-11(3)13(14)12-7-5-4-6-8-12/h11-12H,1,4-9H2,2-3H3/i1D2. The lowest BCUT2D eigenvalue weighted by Gasteiger charge is -2.23. The van der Waals surface area contributed by atoms with Crippen LogP contribution in [0.15, 0.2) is 12.1 Å². The van der Waals surface area contributed by atoms with Crippen LogP contribution in [0.1, 0.15) is 55.1 Å². The van der Waals surface area contributed by atoms with E-state index in [2.05, 4.69) is 0 Å². The fourth-order valence-corrected chi connectivity index (χ4v) is 2.35. The van der Waals surface area contributed by atoms with E-state index in [1.54, 1.807) is 6.92 Å². The second-order valence-corrected chi connectivity index (χ2v) is 4.62. The lowest BCUT2D eigenvalue weighted by atomic mass is 9.81. The number of hydrogen-bond acceptors (Lipinski definition) is 1. The summed E-state index contributed by atoms with van der Waals surface area (Å²) < 4.78 is 14.4. The molecule has 0 spiro atoms. The molecular weight excluding hydrogens is 172 g/mol. The zero-order valence-corrected chi connectivity index (χ0v) is 9.31. The molecule has 1 rings (SSSR count). The van der Waals surface area contributed by atoms with E-state index in [1.807, 2.05) is 6.92 Å². The Labute approximate surface area is 90.4 Å². The van der Waals surface area contributed by atoms with E-state index >= 15 is 0 Å². The van der Waals surface area contributed by atoms with Crippen molar-refractivity contribution < 1.29 is 7.54 Å². The van der Waals surface area contributed by atoms with E-state index in [4.69, 9.17) is 2.74 Å². The van der Waals surface area contributed by atoms with E-state index in [1.165, 1.54) is 19.3 Å². The molecule has 1 saturated carbocycles. The number of carbonyl (C=O) groups excluding carboxylic acids is 1. The Kier molecular flexibility index (Phi) is 3.31. The van der Waals surface area contributed by atoms with Crippen molar-refractivity contribution in [3.8, 4) is 0 Å². The first-order valence-corrected chi connectivity index (χ1v) is 5.69. The van der Waals surface area contributed by atoms with Crippen LogP contribution in [-0.2, 0) is 4.79 Å². The Morgan fingerprint density at radius 1 is 1.50 bits per heavy atom. The Hall–Kier alpha value is -0.590. The van der Waals surface area contributed by atoms with Crippen LogP contribution in [0.25, 0.3) is 0 Å². The Bertz CT molecular complexity index is 274. The molecule has 14 heavy (non-hydrogen) atoms. The van der Waals surface area contributed by atoms with Crippen molar-refractivity contribution in [1.29, 1.82) is 0 Å². The third kappa shape index (κ3) is 3.28. The van der Waals surface area contributed by atoms with Gasteiger partial charge < -0.3 is 0 Å². The molecule has 0 radical (unpaired) electrons. The third-order valence-corrected chi connectivity index (χ3v) is 3.11. The van der Waals surface area contributed by atoms with Crippen molar-refractivity contribution in [1.82, 2.24) is 0 Å². The van der Waals surface area contributed by atoms with Gasteiger partial charge in [-0.15, -0.1) is 6.53 Å². The zero-order chi connectivity index (χ0) is 12.1. The highest BCUT2D eigenvalue weighted by atomic mass is 16.1. The van der Waals surface area contributed by atoms with Crippen molar-refractivity contribution in [2.75, 3.05) is 0 Å². The first-order valence-electron chi connectivity index (χ1n) is 6.69. The average molecular weight is 196 g/mol. The molecular formula is C13H22O. The minimum absolute atomic E-state index is 0.0196.